The molecule has 0 N–H and O–H groups in total. The van der Waals surface area contributed by atoms with Crippen molar-refractivity contribution >= 4 is 0 Å². The summed E-state index contributed by atoms with van der Waals surface area (Å²) in [6.07, 6.45) is 3.92. The van der Waals surface area contributed by atoms with Gasteiger partial charge < -0.3 is 14.6 Å². The fourth-order valence-electron chi connectivity index (χ4n) is 1.25. The number of hydrogen-bond donors (Lipinski definition) is 0. The van der Waals surface area contributed by atoms with Gasteiger partial charge in [0.1, 0.15) is 0 Å². The van der Waals surface area contributed by atoms with Crippen LogP contribution in [0.5, 0.6) is 0 Å². The third-order valence-corrected chi connectivity index (χ3v) is 1.94. The van der Waals surface area contributed by atoms with E-state index >= 15 is 0 Å². The minimum atomic E-state index is 0.321. The van der Waals surface area contributed by atoms with Gasteiger partial charge in [-0.2, -0.15) is 0 Å². The van der Waals surface area contributed by atoms with Gasteiger partial charge in [0.15, 0.2) is 0 Å². The molecule has 1 rings (SSSR count). The van der Waals surface area contributed by atoms with Crippen LogP contribution in [0.1, 0.15) is 19.3 Å². The molecule has 11 heavy (non-hydrogen) atoms. The smallest absolute Gasteiger partial charge is 0.0695 e. The van der Waals surface area contributed by atoms with Gasteiger partial charge in [-0.15, -0.1) is 0 Å². The van der Waals surface area contributed by atoms with Crippen LogP contribution in [0.15, 0.2) is 0 Å². The minimum absolute atomic E-state index is 0.321. The van der Waals surface area contributed by atoms with Crippen LogP contribution >= 0.6 is 0 Å². The van der Waals surface area contributed by atoms with E-state index in [4.69, 9.17) is 9.57 Å². The van der Waals surface area contributed by atoms with Gasteiger partial charge in [-0.25, -0.2) is 0 Å². The second-order valence-electron chi connectivity index (χ2n) is 2.84. The zero-order valence-electron chi connectivity index (χ0n) is 7.08. The van der Waals surface area contributed by atoms with E-state index in [2.05, 4.69) is 7.05 Å². The number of nitrogens with zero attached hydrogens (tertiary/aromatic N) is 1. The molecule has 3 heteroatoms. The van der Waals surface area contributed by atoms with Crippen molar-refractivity contribution in [1.29, 1.82) is 0 Å². The lowest BCUT2D eigenvalue weighted by Crippen LogP contribution is -2.31. The number of rotatable bonds is 3. The number of ether oxygens (including phenoxy) is 1. The van der Waals surface area contributed by atoms with Crippen LogP contribution < -0.4 is 0 Å². The summed E-state index contributed by atoms with van der Waals surface area (Å²) in [6, 6.07) is 0. The predicted molar refractivity (Wildman–Crippen MR) is 42.7 cm³/mol. The molecule has 3 nitrogen and oxygen atoms in total. The number of hydroxylamine groups is 2. The molecule has 1 heterocycles. The largest absolute Gasteiger partial charge is 0.377 e. The molecule has 0 amide bonds. The monoisotopic (exact) mass is 158 g/mol. The maximum atomic E-state index is 5.49. The zero-order chi connectivity index (χ0) is 8.10. The molecule has 1 unspecified atom stereocenters. The molecule has 0 bridgehead atoms. The molecular formula is C8H16NO2-. The van der Waals surface area contributed by atoms with Crippen LogP contribution in [0.2, 0.25) is 0 Å². The highest BCUT2D eigenvalue weighted by atomic mass is 16.7. The molecule has 0 aliphatic carbocycles. The van der Waals surface area contributed by atoms with Crippen molar-refractivity contribution in [3.8, 4) is 0 Å². The molecule has 0 aromatic heterocycles. The molecule has 0 aromatic rings. The molecule has 0 radical (unpaired) electrons. The van der Waals surface area contributed by atoms with Crippen LogP contribution in [0, 0.1) is 7.05 Å². The van der Waals surface area contributed by atoms with E-state index in [9.17, 15) is 0 Å². The van der Waals surface area contributed by atoms with E-state index in [-0.39, 0.29) is 0 Å². The van der Waals surface area contributed by atoms with E-state index in [1.165, 1.54) is 12.8 Å². The maximum absolute atomic E-state index is 5.49. The highest BCUT2D eigenvalue weighted by Gasteiger charge is 2.13. The normalized spacial score (nSPS) is 25.9. The first-order chi connectivity index (χ1) is 5.33. The summed E-state index contributed by atoms with van der Waals surface area (Å²) in [4.78, 5) is 4.90. The molecule has 0 spiro atoms. The maximum Gasteiger partial charge on any atom is 0.0695 e. The molecule has 1 saturated heterocycles. The fourth-order valence-corrected chi connectivity index (χ4v) is 1.25. The van der Waals surface area contributed by atoms with Crippen LogP contribution in [0.25, 0.3) is 0 Å². The summed E-state index contributed by atoms with van der Waals surface area (Å²) in [5.41, 5.74) is 0. The summed E-state index contributed by atoms with van der Waals surface area (Å²) in [5.74, 6) is 0. The Morgan fingerprint density at radius 3 is 3.00 bits per heavy atom. The lowest BCUT2D eigenvalue weighted by Gasteiger charge is -2.30. The Morgan fingerprint density at radius 1 is 1.64 bits per heavy atom. The lowest BCUT2D eigenvalue weighted by molar-refractivity contribution is -0.127. The van der Waals surface area contributed by atoms with Gasteiger partial charge in [0, 0.05) is 13.2 Å². The van der Waals surface area contributed by atoms with E-state index in [0.717, 1.165) is 19.6 Å². The second-order valence-corrected chi connectivity index (χ2v) is 2.84. The molecule has 1 fully saturated rings. The van der Waals surface area contributed by atoms with Crippen molar-refractivity contribution in [3.63, 3.8) is 0 Å². The Hall–Kier alpha value is -0.120. The van der Waals surface area contributed by atoms with E-state index in [1.54, 1.807) is 12.2 Å². The third-order valence-electron chi connectivity index (χ3n) is 1.94. The molecule has 1 atom stereocenters. The quantitative estimate of drug-likeness (QED) is 0.455. The molecule has 1 aliphatic heterocycles. The number of hydrogen-bond acceptors (Lipinski definition) is 3. The highest BCUT2D eigenvalue weighted by molar-refractivity contribution is 4.65. The van der Waals surface area contributed by atoms with Crippen molar-refractivity contribution in [1.82, 2.24) is 5.06 Å². The van der Waals surface area contributed by atoms with Crippen LogP contribution in [0.4, 0.5) is 0 Å². The van der Waals surface area contributed by atoms with Crippen molar-refractivity contribution in [3.05, 3.63) is 7.05 Å². The lowest BCUT2D eigenvalue weighted by atomic mass is 10.1. The van der Waals surface area contributed by atoms with E-state index in [0.29, 0.717) is 6.10 Å². The molecule has 66 valence electrons. The fraction of sp³-hybridized carbons (Fsp3) is 0.875. The van der Waals surface area contributed by atoms with Gasteiger partial charge in [-0.05, 0) is 19.3 Å². The Bertz CT molecular complexity index is 102. The second kappa shape index (κ2) is 4.70. The first kappa shape index (κ1) is 8.97. The van der Waals surface area contributed by atoms with Crippen molar-refractivity contribution in [2.24, 2.45) is 0 Å². The summed E-state index contributed by atoms with van der Waals surface area (Å²) in [6.45, 7) is 1.67. The first-order valence-corrected chi connectivity index (χ1v) is 4.06. The third kappa shape index (κ3) is 3.18. The molecule has 0 saturated carbocycles. The Labute approximate surface area is 68.2 Å². The van der Waals surface area contributed by atoms with Gasteiger partial charge in [0.2, 0.25) is 0 Å². The summed E-state index contributed by atoms with van der Waals surface area (Å²) >= 11 is 0. The Morgan fingerprint density at radius 2 is 2.45 bits per heavy atom. The van der Waals surface area contributed by atoms with E-state index < -0.39 is 0 Å². The standard InChI is InChI=1S/C8H16NO2/c1-9(10-2)7-8-5-3-4-6-11-8/h8H,1,3-7H2,2H3/q-1. The SMILES string of the molecule is [CH2-]N(CC1CCCCO1)OC. The van der Waals surface area contributed by atoms with Gasteiger partial charge in [0.05, 0.1) is 13.2 Å². The van der Waals surface area contributed by atoms with E-state index in [1.807, 2.05) is 0 Å². The molecule has 0 aromatic carbocycles. The predicted octanol–water partition coefficient (Wildman–Crippen LogP) is 1.21. The Balaban J connectivity index is 2.13. The van der Waals surface area contributed by atoms with Gasteiger partial charge in [-0.3, -0.25) is 7.05 Å². The average Bonchev–Trinajstić information content (AvgIpc) is 2.06. The van der Waals surface area contributed by atoms with Crippen molar-refractivity contribution in [2.75, 3.05) is 20.3 Å². The van der Waals surface area contributed by atoms with Crippen molar-refractivity contribution < 1.29 is 9.57 Å². The van der Waals surface area contributed by atoms with Gasteiger partial charge in [0.25, 0.3) is 0 Å². The van der Waals surface area contributed by atoms with Gasteiger partial charge in [-0.1, -0.05) is 0 Å². The average molecular weight is 158 g/mol. The zero-order valence-corrected chi connectivity index (χ0v) is 7.08. The van der Waals surface area contributed by atoms with Crippen LogP contribution in [-0.2, 0) is 9.57 Å². The topological polar surface area (TPSA) is 21.7 Å². The minimum Gasteiger partial charge on any atom is -0.377 e. The molecular weight excluding hydrogens is 142 g/mol. The van der Waals surface area contributed by atoms with Crippen LogP contribution in [0.3, 0.4) is 0 Å². The highest BCUT2D eigenvalue weighted by Crippen LogP contribution is 2.13. The summed E-state index contributed by atoms with van der Waals surface area (Å²) in [5, 5.41) is 1.57. The van der Waals surface area contributed by atoms with Crippen LogP contribution in [-0.4, -0.2) is 31.4 Å². The Kier molecular flexibility index (Phi) is 3.83. The summed E-state index contributed by atoms with van der Waals surface area (Å²) < 4.78 is 5.49. The first-order valence-electron chi connectivity index (χ1n) is 4.06. The molecule has 1 aliphatic rings. The van der Waals surface area contributed by atoms with Crippen molar-refractivity contribution in [2.45, 2.75) is 25.4 Å². The van der Waals surface area contributed by atoms with Gasteiger partial charge >= 0.3 is 0 Å². The summed E-state index contributed by atoms with van der Waals surface area (Å²) in [7, 11) is 5.30.